The van der Waals surface area contributed by atoms with Crippen molar-refractivity contribution in [2.75, 3.05) is 0 Å². The van der Waals surface area contributed by atoms with E-state index in [0.29, 0.717) is 0 Å². The lowest BCUT2D eigenvalue weighted by Gasteiger charge is -2.01. The van der Waals surface area contributed by atoms with Crippen LogP contribution in [-0.4, -0.2) is 0 Å². The van der Waals surface area contributed by atoms with E-state index in [0.717, 1.165) is 12.8 Å². The smallest absolute Gasteiger partial charge is 0.0274 e. The molecule has 0 aromatic carbocycles. The van der Waals surface area contributed by atoms with E-state index >= 15 is 0 Å². The standard InChI is InChI=1S/C12H20.C2H6/c1-5-8-11(4)12(9-6-2)10-7-3;1-2/h6,8-10H,5,7H2,1-4H3;1-2H3/b9-6-,11-8+,12-10+;. The Bertz CT molecular complexity index is 192. The normalized spacial score (nSPS) is 12.7. The van der Waals surface area contributed by atoms with Crippen molar-refractivity contribution in [1.29, 1.82) is 0 Å². The minimum atomic E-state index is 1.11. The molecule has 0 saturated carbocycles. The molecule has 0 heterocycles. The summed E-state index contributed by atoms with van der Waals surface area (Å²) in [6, 6.07) is 0. The van der Waals surface area contributed by atoms with Gasteiger partial charge in [-0.1, -0.05) is 52.0 Å². The highest BCUT2D eigenvalue weighted by Crippen LogP contribution is 2.12. The van der Waals surface area contributed by atoms with Crippen molar-refractivity contribution >= 4 is 0 Å². The second-order valence-corrected chi connectivity index (χ2v) is 2.86. The fourth-order valence-corrected chi connectivity index (χ4v) is 1.18. The van der Waals surface area contributed by atoms with Crippen LogP contribution < -0.4 is 0 Å². The predicted molar refractivity (Wildman–Crippen MR) is 68.6 cm³/mol. The molecule has 0 N–H and O–H groups in total. The zero-order valence-electron chi connectivity index (χ0n) is 10.7. The Labute approximate surface area is 90.4 Å². The third-order valence-corrected chi connectivity index (χ3v) is 1.74. The van der Waals surface area contributed by atoms with Crippen LogP contribution in [0.2, 0.25) is 0 Å². The average molecular weight is 194 g/mol. The maximum atomic E-state index is 2.27. The minimum absolute atomic E-state index is 1.11. The summed E-state index contributed by atoms with van der Waals surface area (Å²) in [5.41, 5.74) is 2.75. The molecular formula is C14H26. The van der Waals surface area contributed by atoms with Gasteiger partial charge in [0, 0.05) is 0 Å². The van der Waals surface area contributed by atoms with E-state index in [1.807, 2.05) is 13.8 Å². The predicted octanol–water partition coefficient (Wildman–Crippen LogP) is 5.28. The molecule has 0 rings (SSSR count). The van der Waals surface area contributed by atoms with Crippen molar-refractivity contribution in [2.24, 2.45) is 0 Å². The maximum Gasteiger partial charge on any atom is -0.0274 e. The Balaban J connectivity index is 0. The van der Waals surface area contributed by atoms with Gasteiger partial charge in [-0.3, -0.25) is 0 Å². The van der Waals surface area contributed by atoms with Crippen LogP contribution >= 0.6 is 0 Å². The molecule has 0 bridgehead atoms. The Morgan fingerprint density at radius 3 is 1.86 bits per heavy atom. The van der Waals surface area contributed by atoms with E-state index in [2.05, 4.69) is 52.0 Å². The number of allylic oxidation sites excluding steroid dienone is 6. The van der Waals surface area contributed by atoms with Crippen molar-refractivity contribution in [3.8, 4) is 0 Å². The van der Waals surface area contributed by atoms with Crippen LogP contribution in [0.1, 0.15) is 54.4 Å². The van der Waals surface area contributed by atoms with Crippen molar-refractivity contribution in [3.05, 3.63) is 35.5 Å². The van der Waals surface area contributed by atoms with Crippen LogP contribution in [0.5, 0.6) is 0 Å². The van der Waals surface area contributed by atoms with E-state index in [9.17, 15) is 0 Å². The summed E-state index contributed by atoms with van der Waals surface area (Å²) in [7, 11) is 0. The first kappa shape index (κ1) is 15.7. The third kappa shape index (κ3) is 7.85. The Kier molecular flexibility index (Phi) is 13.7. The molecule has 0 spiro atoms. The highest BCUT2D eigenvalue weighted by molar-refractivity contribution is 5.37. The summed E-state index contributed by atoms with van der Waals surface area (Å²) in [6.07, 6.45) is 11.0. The number of rotatable bonds is 4. The van der Waals surface area contributed by atoms with Gasteiger partial charge in [-0.25, -0.2) is 0 Å². The molecule has 0 aromatic heterocycles. The highest BCUT2D eigenvalue weighted by Gasteiger charge is 1.92. The quantitative estimate of drug-likeness (QED) is 0.534. The molecule has 0 atom stereocenters. The largest absolute Gasteiger partial charge is 0.0871 e. The van der Waals surface area contributed by atoms with Gasteiger partial charge >= 0.3 is 0 Å². The molecule has 0 heteroatoms. The molecule has 0 aliphatic carbocycles. The molecule has 0 saturated heterocycles. The van der Waals surface area contributed by atoms with Crippen LogP contribution in [0.3, 0.4) is 0 Å². The van der Waals surface area contributed by atoms with Crippen molar-refractivity contribution in [3.63, 3.8) is 0 Å². The first-order valence-electron chi connectivity index (χ1n) is 5.76. The molecule has 0 aliphatic heterocycles. The van der Waals surface area contributed by atoms with Gasteiger partial charge in [0.15, 0.2) is 0 Å². The molecule has 82 valence electrons. The first-order chi connectivity index (χ1) is 6.76. The molecule has 0 aromatic rings. The van der Waals surface area contributed by atoms with Crippen LogP contribution in [0.25, 0.3) is 0 Å². The van der Waals surface area contributed by atoms with E-state index in [1.54, 1.807) is 0 Å². The lowest BCUT2D eigenvalue weighted by molar-refractivity contribution is 1.16. The van der Waals surface area contributed by atoms with Crippen LogP contribution in [-0.2, 0) is 0 Å². The number of hydrogen-bond acceptors (Lipinski definition) is 0. The molecular weight excluding hydrogens is 168 g/mol. The Morgan fingerprint density at radius 2 is 1.50 bits per heavy atom. The summed E-state index contributed by atoms with van der Waals surface area (Å²) in [5, 5.41) is 0. The first-order valence-corrected chi connectivity index (χ1v) is 5.76. The topological polar surface area (TPSA) is 0 Å². The summed E-state index contributed by atoms with van der Waals surface area (Å²) in [5.74, 6) is 0. The Morgan fingerprint density at radius 1 is 1.00 bits per heavy atom. The monoisotopic (exact) mass is 194 g/mol. The van der Waals surface area contributed by atoms with Gasteiger partial charge in [0.25, 0.3) is 0 Å². The van der Waals surface area contributed by atoms with E-state index in [4.69, 9.17) is 0 Å². The van der Waals surface area contributed by atoms with Gasteiger partial charge in [0.1, 0.15) is 0 Å². The maximum absolute atomic E-state index is 2.27. The van der Waals surface area contributed by atoms with Crippen LogP contribution in [0.15, 0.2) is 35.5 Å². The van der Waals surface area contributed by atoms with Crippen LogP contribution in [0.4, 0.5) is 0 Å². The van der Waals surface area contributed by atoms with E-state index in [1.165, 1.54) is 11.1 Å². The third-order valence-electron chi connectivity index (χ3n) is 1.74. The lowest BCUT2D eigenvalue weighted by Crippen LogP contribution is -1.81. The summed E-state index contributed by atoms with van der Waals surface area (Å²) in [4.78, 5) is 0. The van der Waals surface area contributed by atoms with Gasteiger partial charge in [-0.05, 0) is 37.8 Å². The molecule has 14 heavy (non-hydrogen) atoms. The van der Waals surface area contributed by atoms with Gasteiger partial charge < -0.3 is 0 Å². The van der Waals surface area contributed by atoms with Gasteiger partial charge in [-0.15, -0.1) is 0 Å². The Hall–Kier alpha value is -0.780. The zero-order valence-corrected chi connectivity index (χ0v) is 10.7. The number of hydrogen-bond donors (Lipinski definition) is 0. The molecule has 0 aliphatic rings. The highest BCUT2D eigenvalue weighted by atomic mass is 14.0. The van der Waals surface area contributed by atoms with Crippen molar-refractivity contribution < 1.29 is 0 Å². The van der Waals surface area contributed by atoms with E-state index in [-0.39, 0.29) is 0 Å². The van der Waals surface area contributed by atoms with Crippen molar-refractivity contribution in [2.45, 2.75) is 54.4 Å². The van der Waals surface area contributed by atoms with Crippen LogP contribution in [0, 0.1) is 0 Å². The van der Waals surface area contributed by atoms with Gasteiger partial charge in [0.2, 0.25) is 0 Å². The molecule has 0 amide bonds. The zero-order chi connectivity index (χ0) is 11.4. The van der Waals surface area contributed by atoms with Crippen molar-refractivity contribution in [1.82, 2.24) is 0 Å². The van der Waals surface area contributed by atoms with E-state index < -0.39 is 0 Å². The fraction of sp³-hybridized carbons (Fsp3) is 0.571. The second kappa shape index (κ2) is 12.2. The minimum Gasteiger partial charge on any atom is -0.0871 e. The average Bonchev–Trinajstić information content (AvgIpc) is 2.21. The van der Waals surface area contributed by atoms with Gasteiger partial charge in [0.05, 0.1) is 0 Å². The summed E-state index contributed by atoms with van der Waals surface area (Å²) < 4.78 is 0. The SMILES string of the molecule is CC.C\C=C/C(=C\CC)C(/C)=C/CC. The van der Waals surface area contributed by atoms with Gasteiger partial charge in [-0.2, -0.15) is 0 Å². The summed E-state index contributed by atoms with van der Waals surface area (Å²) >= 11 is 0. The molecule has 0 radical (unpaired) electrons. The lowest BCUT2D eigenvalue weighted by atomic mass is 10.1. The molecule has 0 nitrogen and oxygen atoms in total. The molecule has 0 fully saturated rings. The molecule has 0 unspecified atom stereocenters. The summed E-state index contributed by atoms with van der Waals surface area (Å²) in [6.45, 7) is 12.6. The second-order valence-electron chi connectivity index (χ2n) is 2.86. The fourth-order valence-electron chi connectivity index (χ4n) is 1.18.